The molecule has 0 atom stereocenters. The predicted octanol–water partition coefficient (Wildman–Crippen LogP) is 4.74. The molecule has 3 aromatic rings. The zero-order chi connectivity index (χ0) is 22.6. The lowest BCUT2D eigenvalue weighted by molar-refractivity contribution is -0.118. The van der Waals surface area contributed by atoms with Crippen LogP contribution in [0.3, 0.4) is 0 Å². The monoisotopic (exact) mass is 438 g/mol. The Balaban J connectivity index is 1.61. The molecule has 0 aromatic heterocycles. The second-order valence-electron chi connectivity index (χ2n) is 7.59. The number of rotatable bonds is 7. The van der Waals surface area contributed by atoms with Crippen molar-refractivity contribution in [1.29, 1.82) is 0 Å². The summed E-state index contributed by atoms with van der Waals surface area (Å²) in [5.41, 5.74) is 5.19. The average molecular weight is 439 g/mol. The molecule has 0 spiro atoms. The fraction of sp³-hybridized carbons (Fsp3) is 0.208. The average Bonchev–Trinajstić information content (AvgIpc) is 2.69. The number of anilines is 2. The Kier molecular flexibility index (Phi) is 6.65. The molecule has 0 aliphatic rings. The van der Waals surface area contributed by atoms with Crippen molar-refractivity contribution in [3.05, 3.63) is 82.9 Å². The lowest BCUT2D eigenvalue weighted by atomic mass is 10.1. The number of benzene rings is 3. The first-order chi connectivity index (χ1) is 14.6. The molecule has 3 rings (SSSR count). The highest BCUT2D eigenvalue weighted by Crippen LogP contribution is 2.21. The third-order valence-corrected chi connectivity index (χ3v) is 6.17. The lowest BCUT2D eigenvalue weighted by Crippen LogP contribution is -2.20. The summed E-state index contributed by atoms with van der Waals surface area (Å²) in [6.07, 6.45) is 0. The number of ether oxygens (including phenoxy) is 1. The van der Waals surface area contributed by atoms with Gasteiger partial charge >= 0.3 is 0 Å². The van der Waals surface area contributed by atoms with Gasteiger partial charge in [-0.1, -0.05) is 12.1 Å². The lowest BCUT2D eigenvalue weighted by Gasteiger charge is -2.11. The van der Waals surface area contributed by atoms with Crippen LogP contribution in [-0.4, -0.2) is 20.9 Å². The van der Waals surface area contributed by atoms with Crippen LogP contribution in [-0.2, 0) is 14.8 Å². The van der Waals surface area contributed by atoms with Gasteiger partial charge in [0.25, 0.3) is 15.9 Å². The second kappa shape index (κ2) is 9.22. The number of carbonyl (C=O) groups is 1. The summed E-state index contributed by atoms with van der Waals surface area (Å²) < 4.78 is 33.4. The molecule has 162 valence electrons. The Hall–Kier alpha value is -3.32. The van der Waals surface area contributed by atoms with Crippen LogP contribution in [0.15, 0.2) is 65.6 Å². The highest BCUT2D eigenvalue weighted by atomic mass is 32.2. The Morgan fingerprint density at radius 3 is 2.03 bits per heavy atom. The minimum atomic E-state index is -3.73. The van der Waals surface area contributed by atoms with Crippen LogP contribution in [0.25, 0.3) is 0 Å². The molecule has 7 heteroatoms. The summed E-state index contributed by atoms with van der Waals surface area (Å²) in [5.74, 6) is 0.300. The predicted molar refractivity (Wildman–Crippen MR) is 123 cm³/mol. The molecule has 6 nitrogen and oxygen atoms in total. The standard InChI is InChI=1S/C24H26N2O4S/c1-16-11-17(2)13-22(12-16)30-15-24(27)25-20-7-9-23(10-8-20)31(28,29)26-21-6-5-18(3)19(4)14-21/h5-14,26H,15H2,1-4H3,(H,25,27). The van der Waals surface area contributed by atoms with Crippen LogP contribution in [0.4, 0.5) is 11.4 Å². The number of hydrogen-bond donors (Lipinski definition) is 2. The molecular formula is C24H26N2O4S. The molecule has 2 N–H and O–H groups in total. The Bertz CT molecular complexity index is 1180. The zero-order valence-electron chi connectivity index (χ0n) is 18.0. The van der Waals surface area contributed by atoms with E-state index in [-0.39, 0.29) is 17.4 Å². The van der Waals surface area contributed by atoms with Crippen LogP contribution in [0.1, 0.15) is 22.3 Å². The second-order valence-corrected chi connectivity index (χ2v) is 9.27. The van der Waals surface area contributed by atoms with Crippen molar-refractivity contribution in [2.24, 2.45) is 0 Å². The molecule has 0 saturated heterocycles. The van der Waals surface area contributed by atoms with Crippen molar-refractivity contribution in [3.8, 4) is 5.75 Å². The van der Waals surface area contributed by atoms with Crippen molar-refractivity contribution in [1.82, 2.24) is 0 Å². The van der Waals surface area contributed by atoms with Crippen molar-refractivity contribution >= 4 is 27.3 Å². The molecule has 0 heterocycles. The van der Waals surface area contributed by atoms with Crippen molar-refractivity contribution in [3.63, 3.8) is 0 Å². The van der Waals surface area contributed by atoms with E-state index in [1.54, 1.807) is 24.3 Å². The molecule has 0 radical (unpaired) electrons. The minimum absolute atomic E-state index is 0.107. The highest BCUT2D eigenvalue weighted by Gasteiger charge is 2.15. The van der Waals surface area contributed by atoms with E-state index in [1.165, 1.54) is 12.1 Å². The first kappa shape index (κ1) is 22.4. The molecule has 3 aromatic carbocycles. The van der Waals surface area contributed by atoms with Crippen LogP contribution in [0.5, 0.6) is 5.75 Å². The van der Waals surface area contributed by atoms with Crippen LogP contribution in [0.2, 0.25) is 0 Å². The van der Waals surface area contributed by atoms with E-state index < -0.39 is 10.0 Å². The molecule has 0 aliphatic carbocycles. The molecule has 0 unspecified atom stereocenters. The minimum Gasteiger partial charge on any atom is -0.484 e. The summed E-state index contributed by atoms with van der Waals surface area (Å²) in [5, 5.41) is 2.70. The van der Waals surface area contributed by atoms with E-state index in [1.807, 2.05) is 52.0 Å². The van der Waals surface area contributed by atoms with Gasteiger partial charge in [-0.3, -0.25) is 9.52 Å². The van der Waals surface area contributed by atoms with Crippen molar-refractivity contribution in [2.75, 3.05) is 16.6 Å². The number of aryl methyl sites for hydroxylation is 4. The van der Waals surface area contributed by atoms with E-state index in [0.717, 1.165) is 22.3 Å². The van der Waals surface area contributed by atoms with E-state index in [9.17, 15) is 13.2 Å². The molecule has 31 heavy (non-hydrogen) atoms. The fourth-order valence-corrected chi connectivity index (χ4v) is 4.15. The summed E-state index contributed by atoms with van der Waals surface area (Å²) in [4.78, 5) is 12.3. The number of amides is 1. The van der Waals surface area contributed by atoms with Gasteiger partial charge in [0.1, 0.15) is 5.75 Å². The summed E-state index contributed by atoms with van der Waals surface area (Å²) in [7, 11) is -3.73. The zero-order valence-corrected chi connectivity index (χ0v) is 18.8. The van der Waals surface area contributed by atoms with Gasteiger partial charge < -0.3 is 10.1 Å². The molecule has 1 amide bonds. The maximum absolute atomic E-state index is 12.6. The molecule has 0 fully saturated rings. The summed E-state index contributed by atoms with van der Waals surface area (Å²) in [6.45, 7) is 7.67. The van der Waals surface area contributed by atoms with Gasteiger partial charge in [0.2, 0.25) is 0 Å². The third-order valence-electron chi connectivity index (χ3n) is 4.77. The number of carbonyl (C=O) groups excluding carboxylic acids is 1. The molecule has 0 aliphatic heterocycles. The van der Waals surface area contributed by atoms with E-state index in [4.69, 9.17) is 4.74 Å². The molecule has 0 bridgehead atoms. The number of sulfonamides is 1. The smallest absolute Gasteiger partial charge is 0.262 e. The maximum Gasteiger partial charge on any atom is 0.262 e. The number of nitrogens with one attached hydrogen (secondary N) is 2. The van der Waals surface area contributed by atoms with Gasteiger partial charge in [-0.25, -0.2) is 8.42 Å². The van der Waals surface area contributed by atoms with Gasteiger partial charge in [-0.05, 0) is 98.5 Å². The highest BCUT2D eigenvalue weighted by molar-refractivity contribution is 7.92. The SMILES string of the molecule is Cc1cc(C)cc(OCC(=O)Nc2ccc(S(=O)(=O)Nc3ccc(C)c(C)c3)cc2)c1. The summed E-state index contributed by atoms with van der Waals surface area (Å²) >= 11 is 0. The van der Waals surface area contributed by atoms with Gasteiger partial charge in [0, 0.05) is 11.4 Å². The largest absolute Gasteiger partial charge is 0.484 e. The molecular weight excluding hydrogens is 412 g/mol. The van der Waals surface area contributed by atoms with Gasteiger partial charge in [-0.2, -0.15) is 0 Å². The fourth-order valence-electron chi connectivity index (χ4n) is 3.10. The van der Waals surface area contributed by atoms with Gasteiger partial charge in [0.15, 0.2) is 6.61 Å². The van der Waals surface area contributed by atoms with Crippen LogP contribution < -0.4 is 14.8 Å². The van der Waals surface area contributed by atoms with Crippen LogP contribution >= 0.6 is 0 Å². The normalized spacial score (nSPS) is 11.1. The van der Waals surface area contributed by atoms with E-state index in [0.29, 0.717) is 17.1 Å². The Morgan fingerprint density at radius 2 is 1.42 bits per heavy atom. The van der Waals surface area contributed by atoms with Gasteiger partial charge in [0.05, 0.1) is 4.90 Å². The van der Waals surface area contributed by atoms with E-state index >= 15 is 0 Å². The van der Waals surface area contributed by atoms with Gasteiger partial charge in [-0.15, -0.1) is 0 Å². The Labute approximate surface area is 183 Å². The topological polar surface area (TPSA) is 84.5 Å². The Morgan fingerprint density at radius 1 is 0.806 bits per heavy atom. The number of hydrogen-bond acceptors (Lipinski definition) is 4. The first-order valence-electron chi connectivity index (χ1n) is 9.83. The van der Waals surface area contributed by atoms with E-state index in [2.05, 4.69) is 10.0 Å². The first-order valence-corrected chi connectivity index (χ1v) is 11.3. The van der Waals surface area contributed by atoms with Crippen molar-refractivity contribution in [2.45, 2.75) is 32.6 Å². The third kappa shape index (κ3) is 6.08. The maximum atomic E-state index is 12.6. The van der Waals surface area contributed by atoms with Crippen LogP contribution in [0, 0.1) is 27.7 Å². The molecule has 0 saturated carbocycles. The summed E-state index contributed by atoms with van der Waals surface area (Å²) in [6, 6.07) is 17.1. The van der Waals surface area contributed by atoms with Crippen molar-refractivity contribution < 1.29 is 17.9 Å². The quantitative estimate of drug-likeness (QED) is 0.558.